The quantitative estimate of drug-likeness (QED) is 0.840. The van der Waals surface area contributed by atoms with E-state index in [1.165, 1.54) is 0 Å². The van der Waals surface area contributed by atoms with Crippen molar-refractivity contribution >= 4 is 11.9 Å². The molecule has 19 heavy (non-hydrogen) atoms. The van der Waals surface area contributed by atoms with Gasteiger partial charge in [-0.2, -0.15) is 0 Å². The number of carboxylic acid groups (broad SMARTS) is 1. The van der Waals surface area contributed by atoms with Crippen molar-refractivity contribution in [3.63, 3.8) is 0 Å². The zero-order valence-electron chi connectivity index (χ0n) is 10.9. The molecular formula is C13H19F2NO3. The number of halogens is 2. The highest BCUT2D eigenvalue weighted by Crippen LogP contribution is 2.40. The Morgan fingerprint density at radius 2 is 1.95 bits per heavy atom. The van der Waals surface area contributed by atoms with Crippen LogP contribution in [0.4, 0.5) is 8.78 Å². The smallest absolute Gasteiger partial charge is 0.306 e. The summed E-state index contributed by atoms with van der Waals surface area (Å²) >= 11 is 0. The third-order valence-corrected chi connectivity index (χ3v) is 4.26. The first-order valence-electron chi connectivity index (χ1n) is 6.71. The van der Waals surface area contributed by atoms with Gasteiger partial charge in [0, 0.05) is 31.3 Å². The average Bonchev–Trinajstić information content (AvgIpc) is 2.68. The van der Waals surface area contributed by atoms with Crippen LogP contribution in [-0.2, 0) is 9.59 Å². The lowest BCUT2D eigenvalue weighted by atomic mass is 9.90. The van der Waals surface area contributed by atoms with E-state index in [9.17, 15) is 18.4 Å². The average molecular weight is 275 g/mol. The molecule has 2 aliphatic rings. The fraction of sp³-hybridized carbons (Fsp3) is 0.846. The van der Waals surface area contributed by atoms with E-state index in [2.05, 4.69) is 0 Å². The van der Waals surface area contributed by atoms with E-state index in [1.54, 1.807) is 11.8 Å². The molecule has 2 rings (SSSR count). The first kappa shape index (κ1) is 14.2. The van der Waals surface area contributed by atoms with E-state index in [0.717, 1.165) is 0 Å². The maximum Gasteiger partial charge on any atom is 0.306 e. The van der Waals surface area contributed by atoms with E-state index >= 15 is 0 Å². The Kier molecular flexibility index (Phi) is 3.78. The number of nitrogens with zero attached hydrogens (tertiary/aromatic N) is 1. The Morgan fingerprint density at radius 1 is 1.26 bits per heavy atom. The van der Waals surface area contributed by atoms with E-state index < -0.39 is 23.7 Å². The van der Waals surface area contributed by atoms with Gasteiger partial charge in [-0.25, -0.2) is 8.78 Å². The molecule has 2 fully saturated rings. The minimum Gasteiger partial charge on any atom is -0.481 e. The van der Waals surface area contributed by atoms with Crippen LogP contribution >= 0.6 is 0 Å². The van der Waals surface area contributed by atoms with Gasteiger partial charge in [-0.15, -0.1) is 0 Å². The molecule has 0 aromatic carbocycles. The van der Waals surface area contributed by atoms with E-state index in [4.69, 9.17) is 5.11 Å². The first-order chi connectivity index (χ1) is 8.80. The maximum absolute atomic E-state index is 13.1. The second-order valence-electron chi connectivity index (χ2n) is 5.74. The summed E-state index contributed by atoms with van der Waals surface area (Å²) < 4.78 is 26.3. The predicted molar refractivity (Wildman–Crippen MR) is 63.8 cm³/mol. The number of alkyl halides is 2. The minimum atomic E-state index is -2.72. The van der Waals surface area contributed by atoms with Crippen molar-refractivity contribution in [2.75, 3.05) is 6.54 Å². The number of carbonyl (C=O) groups is 2. The summed E-state index contributed by atoms with van der Waals surface area (Å²) in [6, 6.07) is -0.184. The van der Waals surface area contributed by atoms with Crippen LogP contribution in [0.2, 0.25) is 0 Å². The SMILES string of the molecule is CC1CC(C(=O)O)CCN1C(=O)C1CCC(F)(F)C1. The van der Waals surface area contributed by atoms with Crippen LogP contribution in [0, 0.1) is 11.8 Å². The van der Waals surface area contributed by atoms with Gasteiger partial charge in [0.1, 0.15) is 0 Å². The van der Waals surface area contributed by atoms with Gasteiger partial charge in [0.2, 0.25) is 11.8 Å². The molecule has 6 heteroatoms. The monoisotopic (exact) mass is 275 g/mol. The number of carboxylic acids is 1. The van der Waals surface area contributed by atoms with Crippen molar-refractivity contribution in [1.29, 1.82) is 0 Å². The van der Waals surface area contributed by atoms with E-state index in [-0.39, 0.29) is 31.2 Å². The maximum atomic E-state index is 13.1. The fourth-order valence-corrected chi connectivity index (χ4v) is 3.12. The van der Waals surface area contributed by atoms with Gasteiger partial charge in [0.25, 0.3) is 0 Å². The second-order valence-corrected chi connectivity index (χ2v) is 5.74. The standard InChI is InChI=1S/C13H19F2NO3/c1-8-6-9(12(18)19)3-5-16(8)11(17)10-2-4-13(14,15)7-10/h8-10H,2-7H2,1H3,(H,18,19). The molecule has 3 atom stereocenters. The Bertz CT molecular complexity index is 386. The van der Waals surface area contributed by atoms with Crippen LogP contribution in [0.25, 0.3) is 0 Å². The number of rotatable bonds is 2. The van der Waals surface area contributed by atoms with E-state index in [0.29, 0.717) is 19.4 Å². The van der Waals surface area contributed by atoms with Gasteiger partial charge in [0.15, 0.2) is 0 Å². The Hall–Kier alpha value is -1.20. The molecule has 0 aromatic rings. The number of piperidine rings is 1. The number of hydrogen-bond donors (Lipinski definition) is 1. The third kappa shape index (κ3) is 3.04. The lowest BCUT2D eigenvalue weighted by Crippen LogP contribution is -2.48. The van der Waals surface area contributed by atoms with Crippen LogP contribution < -0.4 is 0 Å². The largest absolute Gasteiger partial charge is 0.481 e. The Morgan fingerprint density at radius 3 is 2.42 bits per heavy atom. The van der Waals surface area contributed by atoms with Crippen molar-refractivity contribution in [1.82, 2.24) is 4.90 Å². The summed E-state index contributed by atoms with van der Waals surface area (Å²) in [5.41, 5.74) is 0. The molecule has 0 radical (unpaired) electrons. The molecule has 1 aliphatic heterocycles. The van der Waals surface area contributed by atoms with Crippen LogP contribution in [0.5, 0.6) is 0 Å². The lowest BCUT2D eigenvalue weighted by Gasteiger charge is -2.37. The predicted octanol–water partition coefficient (Wildman–Crippen LogP) is 2.13. The summed E-state index contributed by atoms with van der Waals surface area (Å²) in [6.07, 6.45) is 0.469. The van der Waals surface area contributed by atoms with Gasteiger partial charge < -0.3 is 10.0 Å². The highest BCUT2D eigenvalue weighted by molar-refractivity contribution is 5.80. The summed E-state index contributed by atoms with van der Waals surface area (Å²) in [5.74, 6) is -4.81. The van der Waals surface area contributed by atoms with Gasteiger partial charge in [-0.3, -0.25) is 9.59 Å². The third-order valence-electron chi connectivity index (χ3n) is 4.26. The Labute approximate surface area is 110 Å². The normalized spacial score (nSPS) is 34.3. The highest BCUT2D eigenvalue weighted by Gasteiger charge is 2.45. The molecule has 1 amide bonds. The molecule has 1 aliphatic carbocycles. The number of hydrogen-bond acceptors (Lipinski definition) is 2. The molecule has 1 saturated carbocycles. The topological polar surface area (TPSA) is 57.6 Å². The summed E-state index contributed by atoms with van der Waals surface area (Å²) in [7, 11) is 0. The fourth-order valence-electron chi connectivity index (χ4n) is 3.12. The Balaban J connectivity index is 1.96. The zero-order chi connectivity index (χ0) is 14.2. The first-order valence-corrected chi connectivity index (χ1v) is 6.71. The number of aliphatic carboxylic acids is 1. The number of carbonyl (C=O) groups excluding carboxylic acids is 1. The van der Waals surface area contributed by atoms with Gasteiger partial charge in [-0.1, -0.05) is 0 Å². The molecule has 1 saturated heterocycles. The molecular weight excluding hydrogens is 256 g/mol. The van der Waals surface area contributed by atoms with Crippen LogP contribution in [0.1, 0.15) is 39.0 Å². The van der Waals surface area contributed by atoms with Crippen LogP contribution in [-0.4, -0.2) is 40.4 Å². The zero-order valence-corrected chi connectivity index (χ0v) is 10.9. The van der Waals surface area contributed by atoms with E-state index in [1.807, 2.05) is 0 Å². The summed E-state index contributed by atoms with van der Waals surface area (Å²) in [4.78, 5) is 24.7. The highest BCUT2D eigenvalue weighted by atomic mass is 19.3. The number of amides is 1. The lowest BCUT2D eigenvalue weighted by molar-refractivity contribution is -0.149. The second kappa shape index (κ2) is 5.06. The van der Waals surface area contributed by atoms with Crippen molar-refractivity contribution in [3.05, 3.63) is 0 Å². The molecule has 0 spiro atoms. The van der Waals surface area contributed by atoms with Crippen molar-refractivity contribution in [2.45, 2.75) is 51.0 Å². The van der Waals surface area contributed by atoms with Crippen molar-refractivity contribution < 1.29 is 23.5 Å². The summed E-state index contributed by atoms with van der Waals surface area (Å²) in [5, 5.41) is 8.96. The van der Waals surface area contributed by atoms with Crippen molar-refractivity contribution in [2.24, 2.45) is 11.8 Å². The molecule has 108 valence electrons. The molecule has 4 nitrogen and oxygen atoms in total. The molecule has 1 heterocycles. The van der Waals surface area contributed by atoms with Gasteiger partial charge >= 0.3 is 5.97 Å². The minimum absolute atomic E-state index is 0.184. The van der Waals surface area contributed by atoms with Gasteiger partial charge in [0.05, 0.1) is 5.92 Å². The molecule has 3 unspecified atom stereocenters. The molecule has 0 bridgehead atoms. The van der Waals surface area contributed by atoms with Gasteiger partial charge in [-0.05, 0) is 26.2 Å². The molecule has 1 N–H and O–H groups in total. The van der Waals surface area contributed by atoms with Crippen molar-refractivity contribution in [3.8, 4) is 0 Å². The summed E-state index contributed by atoms with van der Waals surface area (Å²) in [6.45, 7) is 2.15. The van der Waals surface area contributed by atoms with Crippen LogP contribution in [0.3, 0.4) is 0 Å². The molecule has 0 aromatic heterocycles. The van der Waals surface area contributed by atoms with Crippen LogP contribution in [0.15, 0.2) is 0 Å². The number of likely N-dealkylation sites (tertiary alicyclic amines) is 1.